The molecule has 0 aliphatic heterocycles. The van der Waals surface area contributed by atoms with Crippen molar-refractivity contribution in [3.63, 3.8) is 0 Å². The fraction of sp³-hybridized carbons (Fsp3) is 0. The van der Waals surface area contributed by atoms with Crippen molar-refractivity contribution in [2.45, 2.75) is 0 Å². The molecule has 9 rings (SSSR count). The van der Waals surface area contributed by atoms with Crippen molar-refractivity contribution >= 4 is 71.7 Å². The van der Waals surface area contributed by atoms with Gasteiger partial charge in [-0.25, -0.2) is 0 Å². The molecule has 2 aromatic heterocycles. The molecule has 0 saturated carbocycles. The lowest BCUT2D eigenvalue weighted by Gasteiger charge is -2.26. The summed E-state index contributed by atoms with van der Waals surface area (Å²) in [5.41, 5.74) is 9.20. The lowest BCUT2D eigenvalue weighted by Crippen LogP contribution is -2.09. The van der Waals surface area contributed by atoms with E-state index in [9.17, 15) is 0 Å². The van der Waals surface area contributed by atoms with Crippen LogP contribution in [0.1, 0.15) is 0 Å². The summed E-state index contributed by atoms with van der Waals surface area (Å²) in [6.45, 7) is 0. The van der Waals surface area contributed by atoms with Gasteiger partial charge in [0.1, 0.15) is 22.3 Å². The number of benzene rings is 7. The van der Waals surface area contributed by atoms with E-state index in [2.05, 4.69) is 132 Å². The van der Waals surface area contributed by atoms with Crippen molar-refractivity contribution in [3.8, 4) is 11.1 Å². The molecule has 0 atom stereocenters. The Bertz CT molecular complexity index is 2460. The summed E-state index contributed by atoms with van der Waals surface area (Å²) in [6, 6.07) is 53.3. The second kappa shape index (κ2) is 9.37. The van der Waals surface area contributed by atoms with Crippen LogP contribution >= 0.6 is 0 Å². The van der Waals surface area contributed by atoms with Gasteiger partial charge < -0.3 is 13.7 Å². The first-order valence-corrected chi connectivity index (χ1v) is 14.5. The zero-order chi connectivity index (χ0) is 28.3. The van der Waals surface area contributed by atoms with E-state index in [0.717, 1.165) is 72.1 Å². The Kier molecular flexibility index (Phi) is 5.20. The highest BCUT2D eigenvalue weighted by Crippen LogP contribution is 2.40. The minimum absolute atomic E-state index is 0.890. The predicted molar refractivity (Wildman–Crippen MR) is 179 cm³/mol. The highest BCUT2D eigenvalue weighted by Gasteiger charge is 2.16. The minimum Gasteiger partial charge on any atom is -0.456 e. The van der Waals surface area contributed by atoms with E-state index in [1.54, 1.807) is 0 Å². The first kappa shape index (κ1) is 23.9. The fourth-order valence-electron chi connectivity index (χ4n) is 6.32. The lowest BCUT2D eigenvalue weighted by molar-refractivity contribution is 0.668. The van der Waals surface area contributed by atoms with E-state index in [1.165, 1.54) is 10.8 Å². The maximum atomic E-state index is 6.15. The summed E-state index contributed by atoms with van der Waals surface area (Å²) in [7, 11) is 0. The van der Waals surface area contributed by atoms with E-state index >= 15 is 0 Å². The third-order valence-corrected chi connectivity index (χ3v) is 8.45. The molecule has 0 fully saturated rings. The zero-order valence-corrected chi connectivity index (χ0v) is 23.2. The number of para-hydroxylation sites is 2. The average molecular weight is 552 g/mol. The van der Waals surface area contributed by atoms with Crippen LogP contribution in [0.2, 0.25) is 0 Å². The molecule has 0 aliphatic carbocycles. The molecule has 0 amide bonds. The van der Waals surface area contributed by atoms with Crippen LogP contribution in [0, 0.1) is 0 Å². The number of anilines is 3. The first-order chi connectivity index (χ1) is 21.3. The summed E-state index contributed by atoms with van der Waals surface area (Å²) in [4.78, 5) is 2.32. The van der Waals surface area contributed by atoms with Gasteiger partial charge in [-0.15, -0.1) is 0 Å². The number of hydrogen-bond donors (Lipinski definition) is 0. The molecule has 43 heavy (non-hydrogen) atoms. The molecule has 0 unspecified atom stereocenters. The summed E-state index contributed by atoms with van der Waals surface area (Å²) in [6.07, 6.45) is 0. The Morgan fingerprint density at radius 2 is 0.837 bits per heavy atom. The molecular formula is C40H25NO2. The van der Waals surface area contributed by atoms with E-state index in [0.29, 0.717) is 0 Å². The molecule has 0 bridgehead atoms. The van der Waals surface area contributed by atoms with Gasteiger partial charge in [0.15, 0.2) is 0 Å². The molecule has 3 heteroatoms. The van der Waals surface area contributed by atoms with Crippen molar-refractivity contribution in [2.75, 3.05) is 4.90 Å². The van der Waals surface area contributed by atoms with Gasteiger partial charge in [-0.2, -0.15) is 0 Å². The monoisotopic (exact) mass is 551 g/mol. The minimum atomic E-state index is 0.890. The Balaban J connectivity index is 1.18. The van der Waals surface area contributed by atoms with E-state index in [-0.39, 0.29) is 0 Å². The van der Waals surface area contributed by atoms with Gasteiger partial charge in [-0.1, -0.05) is 84.9 Å². The Hall–Kier alpha value is -5.80. The molecule has 202 valence electrons. The van der Waals surface area contributed by atoms with Crippen molar-refractivity contribution in [2.24, 2.45) is 0 Å². The number of rotatable bonds is 4. The van der Waals surface area contributed by atoms with Gasteiger partial charge in [0.25, 0.3) is 0 Å². The molecular weight excluding hydrogens is 526 g/mol. The summed E-state index contributed by atoms with van der Waals surface area (Å²) < 4.78 is 12.2. The van der Waals surface area contributed by atoms with Crippen LogP contribution in [0.4, 0.5) is 17.1 Å². The zero-order valence-electron chi connectivity index (χ0n) is 23.2. The van der Waals surface area contributed by atoms with Crippen molar-refractivity contribution in [1.82, 2.24) is 0 Å². The Morgan fingerprint density at radius 3 is 1.58 bits per heavy atom. The van der Waals surface area contributed by atoms with Crippen LogP contribution in [0.3, 0.4) is 0 Å². The molecule has 0 aliphatic rings. The first-order valence-electron chi connectivity index (χ1n) is 14.5. The number of fused-ring (bicyclic) bond motifs is 7. The fourth-order valence-corrected chi connectivity index (χ4v) is 6.32. The highest BCUT2D eigenvalue weighted by atomic mass is 16.3. The van der Waals surface area contributed by atoms with Crippen molar-refractivity contribution in [1.29, 1.82) is 0 Å². The van der Waals surface area contributed by atoms with Gasteiger partial charge >= 0.3 is 0 Å². The SMILES string of the molecule is c1ccc2cc(N(c3ccc(-c4ccc5oc6ccccc6c5c4)cc3)c3ccc4oc5ccccc5c4c3)ccc2c1. The van der Waals surface area contributed by atoms with Crippen molar-refractivity contribution in [3.05, 3.63) is 152 Å². The molecule has 3 nitrogen and oxygen atoms in total. The smallest absolute Gasteiger partial charge is 0.135 e. The quantitative estimate of drug-likeness (QED) is 0.218. The van der Waals surface area contributed by atoms with E-state index in [1.807, 2.05) is 24.3 Å². The second-order valence-electron chi connectivity index (χ2n) is 11.0. The van der Waals surface area contributed by atoms with Crippen LogP contribution in [-0.4, -0.2) is 0 Å². The maximum absolute atomic E-state index is 6.15. The average Bonchev–Trinajstić information content (AvgIpc) is 3.63. The lowest BCUT2D eigenvalue weighted by atomic mass is 10.0. The molecule has 9 aromatic rings. The largest absolute Gasteiger partial charge is 0.456 e. The summed E-state index contributed by atoms with van der Waals surface area (Å²) >= 11 is 0. The Labute approximate surface area is 247 Å². The van der Waals surface area contributed by atoms with Gasteiger partial charge in [0.2, 0.25) is 0 Å². The number of nitrogens with zero attached hydrogens (tertiary/aromatic N) is 1. The van der Waals surface area contributed by atoms with Crippen LogP contribution in [0.25, 0.3) is 65.8 Å². The van der Waals surface area contributed by atoms with Gasteiger partial charge in [-0.3, -0.25) is 0 Å². The number of furan rings is 2. The van der Waals surface area contributed by atoms with Crippen molar-refractivity contribution < 1.29 is 8.83 Å². The third-order valence-electron chi connectivity index (χ3n) is 8.45. The summed E-state index contributed by atoms with van der Waals surface area (Å²) in [5, 5.41) is 6.93. The topological polar surface area (TPSA) is 29.5 Å². The van der Waals surface area contributed by atoms with Gasteiger partial charge in [-0.05, 0) is 88.6 Å². The molecule has 0 saturated heterocycles. The van der Waals surface area contributed by atoms with Crippen LogP contribution in [-0.2, 0) is 0 Å². The Morgan fingerprint density at radius 1 is 0.326 bits per heavy atom. The maximum Gasteiger partial charge on any atom is 0.135 e. The van der Waals surface area contributed by atoms with E-state index < -0.39 is 0 Å². The van der Waals surface area contributed by atoms with E-state index in [4.69, 9.17) is 8.83 Å². The summed E-state index contributed by atoms with van der Waals surface area (Å²) in [5.74, 6) is 0. The molecule has 0 spiro atoms. The van der Waals surface area contributed by atoms with Crippen LogP contribution in [0.15, 0.2) is 160 Å². The third kappa shape index (κ3) is 3.90. The molecule has 0 radical (unpaired) electrons. The van der Waals surface area contributed by atoms with Gasteiger partial charge in [0.05, 0.1) is 0 Å². The molecule has 0 N–H and O–H groups in total. The second-order valence-corrected chi connectivity index (χ2v) is 11.0. The molecule has 2 heterocycles. The number of hydrogen-bond acceptors (Lipinski definition) is 3. The normalized spacial score (nSPS) is 11.7. The predicted octanol–water partition coefficient (Wildman–Crippen LogP) is 11.8. The van der Waals surface area contributed by atoms with Crippen LogP contribution in [0.5, 0.6) is 0 Å². The van der Waals surface area contributed by atoms with Crippen LogP contribution < -0.4 is 4.90 Å². The standard InChI is InChI=1S/C40H25NO2/c1-2-8-28-23-31(19-15-26(28)7-1)41(32-20-22-40-36(25-32)34-10-4-6-12-38(34)43-40)30-17-13-27(14-18-30)29-16-21-39-35(24-29)33-9-3-5-11-37(33)42-39/h1-25H. The molecule has 7 aromatic carbocycles. The van der Waals surface area contributed by atoms with Gasteiger partial charge in [0, 0.05) is 38.6 Å². The highest BCUT2D eigenvalue weighted by molar-refractivity contribution is 6.07.